The quantitative estimate of drug-likeness (QED) is 0.944. The van der Waals surface area contributed by atoms with Crippen molar-refractivity contribution < 1.29 is 8.91 Å². The average Bonchev–Trinajstić information content (AvgIpc) is 2.75. The summed E-state index contributed by atoms with van der Waals surface area (Å²) in [5.74, 6) is 0.526. The largest absolute Gasteiger partial charge is 0.337 e. The molecule has 2 rings (SSSR count). The van der Waals surface area contributed by atoms with Gasteiger partial charge in [-0.15, -0.1) is 0 Å². The van der Waals surface area contributed by atoms with E-state index in [1.54, 1.807) is 6.07 Å². The van der Waals surface area contributed by atoms with Gasteiger partial charge in [0.1, 0.15) is 5.82 Å². The van der Waals surface area contributed by atoms with Crippen LogP contribution < -0.4 is 5.73 Å². The topological polar surface area (TPSA) is 64.9 Å². The molecule has 0 saturated heterocycles. The Bertz CT molecular complexity index is 536. The van der Waals surface area contributed by atoms with Crippen LogP contribution in [0.4, 0.5) is 4.39 Å². The van der Waals surface area contributed by atoms with Crippen molar-refractivity contribution in [1.82, 2.24) is 10.1 Å². The first-order valence-corrected chi connectivity index (χ1v) is 6.32. The van der Waals surface area contributed by atoms with Gasteiger partial charge in [-0.05, 0) is 24.1 Å². The minimum atomic E-state index is -0.362. The first-order chi connectivity index (χ1) is 8.47. The first kappa shape index (κ1) is 13.2. The molecule has 6 heteroatoms. The van der Waals surface area contributed by atoms with Crippen LogP contribution in [0.1, 0.15) is 25.8 Å². The zero-order valence-electron chi connectivity index (χ0n) is 10.0. The van der Waals surface area contributed by atoms with Crippen molar-refractivity contribution in [3.05, 3.63) is 34.4 Å². The monoisotopic (exact) mass is 313 g/mol. The zero-order chi connectivity index (χ0) is 13.3. The van der Waals surface area contributed by atoms with Gasteiger partial charge in [0.05, 0.1) is 6.04 Å². The average molecular weight is 314 g/mol. The molecule has 1 aromatic carbocycles. The Labute approximate surface area is 113 Å². The van der Waals surface area contributed by atoms with Crippen LogP contribution in [-0.4, -0.2) is 10.1 Å². The van der Waals surface area contributed by atoms with E-state index in [2.05, 4.69) is 26.1 Å². The molecule has 0 fully saturated rings. The third-order valence-corrected chi connectivity index (χ3v) is 3.02. The Kier molecular flexibility index (Phi) is 3.77. The molecule has 18 heavy (non-hydrogen) atoms. The molecule has 1 aromatic heterocycles. The lowest BCUT2D eigenvalue weighted by Gasteiger charge is -2.09. The number of nitrogens with two attached hydrogens (primary N) is 1. The van der Waals surface area contributed by atoms with E-state index in [1.165, 1.54) is 12.1 Å². The maximum atomic E-state index is 13.3. The van der Waals surface area contributed by atoms with E-state index < -0.39 is 0 Å². The number of hydrogen-bond acceptors (Lipinski definition) is 4. The molecular formula is C12H13BrFN3O. The molecule has 2 N–H and O–H groups in total. The van der Waals surface area contributed by atoms with E-state index in [1.807, 2.05) is 13.8 Å². The van der Waals surface area contributed by atoms with Crippen molar-refractivity contribution in [2.45, 2.75) is 19.9 Å². The minimum Gasteiger partial charge on any atom is -0.337 e. The molecule has 0 spiro atoms. The lowest BCUT2D eigenvalue weighted by atomic mass is 10.1. The van der Waals surface area contributed by atoms with Crippen LogP contribution in [0.5, 0.6) is 0 Å². The number of halogens is 2. The van der Waals surface area contributed by atoms with Crippen LogP contribution in [0.2, 0.25) is 0 Å². The summed E-state index contributed by atoms with van der Waals surface area (Å²) in [5.41, 5.74) is 6.46. The van der Waals surface area contributed by atoms with E-state index in [4.69, 9.17) is 10.3 Å². The number of benzene rings is 1. The molecule has 2 aromatic rings. The fourth-order valence-electron chi connectivity index (χ4n) is 1.46. The van der Waals surface area contributed by atoms with Gasteiger partial charge >= 0.3 is 0 Å². The third kappa shape index (κ3) is 2.76. The normalized spacial score (nSPS) is 13.0. The first-order valence-electron chi connectivity index (χ1n) is 5.53. The summed E-state index contributed by atoms with van der Waals surface area (Å²) in [5, 5.41) is 3.82. The summed E-state index contributed by atoms with van der Waals surface area (Å²) >= 11 is 3.22. The summed E-state index contributed by atoms with van der Waals surface area (Å²) in [6.45, 7) is 3.93. The molecular weight excluding hydrogens is 301 g/mol. The van der Waals surface area contributed by atoms with Crippen molar-refractivity contribution >= 4 is 15.9 Å². The Balaban J connectivity index is 2.35. The molecule has 0 amide bonds. The lowest BCUT2D eigenvalue weighted by molar-refractivity contribution is 0.325. The highest BCUT2D eigenvalue weighted by Crippen LogP contribution is 2.24. The predicted molar refractivity (Wildman–Crippen MR) is 69.2 cm³/mol. The van der Waals surface area contributed by atoms with Crippen molar-refractivity contribution in [2.75, 3.05) is 0 Å². The zero-order valence-corrected chi connectivity index (χ0v) is 11.6. The maximum absolute atomic E-state index is 13.3. The lowest BCUT2D eigenvalue weighted by Crippen LogP contribution is -2.16. The maximum Gasteiger partial charge on any atom is 0.244 e. The highest BCUT2D eigenvalue weighted by molar-refractivity contribution is 9.10. The Hall–Kier alpha value is -1.27. The van der Waals surface area contributed by atoms with Crippen LogP contribution in [-0.2, 0) is 0 Å². The molecule has 96 valence electrons. The molecule has 0 aliphatic carbocycles. The molecule has 1 atom stereocenters. The molecule has 0 radical (unpaired) electrons. The molecule has 4 nitrogen and oxygen atoms in total. The van der Waals surface area contributed by atoms with E-state index in [0.29, 0.717) is 21.8 Å². The number of nitrogens with zero attached hydrogens (tertiary/aromatic N) is 2. The second kappa shape index (κ2) is 5.16. The fraction of sp³-hybridized carbons (Fsp3) is 0.333. The second-order valence-corrected chi connectivity index (χ2v) is 5.30. The van der Waals surface area contributed by atoms with Gasteiger partial charge in [0.15, 0.2) is 0 Å². The van der Waals surface area contributed by atoms with Crippen LogP contribution in [0, 0.1) is 11.7 Å². The van der Waals surface area contributed by atoms with Crippen LogP contribution >= 0.6 is 15.9 Å². The van der Waals surface area contributed by atoms with Crippen molar-refractivity contribution in [2.24, 2.45) is 11.7 Å². The predicted octanol–water partition coefficient (Wildman–Crippen LogP) is 3.29. The highest BCUT2D eigenvalue weighted by atomic mass is 79.9. The third-order valence-electron chi connectivity index (χ3n) is 2.57. The Morgan fingerprint density at radius 3 is 2.67 bits per heavy atom. The molecule has 0 aliphatic heterocycles. The summed E-state index contributed by atoms with van der Waals surface area (Å²) in [6.07, 6.45) is 0. The van der Waals surface area contributed by atoms with Gasteiger partial charge in [0, 0.05) is 10.0 Å². The SMILES string of the molecule is CC(C)C(N)c1nc(-c2cc(F)cc(Br)c2)no1. The summed E-state index contributed by atoms with van der Waals surface area (Å²) in [6, 6.07) is 4.12. The summed E-state index contributed by atoms with van der Waals surface area (Å²) in [4.78, 5) is 4.19. The van der Waals surface area contributed by atoms with E-state index >= 15 is 0 Å². The molecule has 1 heterocycles. The highest BCUT2D eigenvalue weighted by Gasteiger charge is 2.19. The van der Waals surface area contributed by atoms with Crippen LogP contribution in [0.25, 0.3) is 11.4 Å². The number of aromatic nitrogens is 2. The molecule has 0 aliphatic rings. The van der Waals surface area contributed by atoms with Crippen molar-refractivity contribution in [1.29, 1.82) is 0 Å². The van der Waals surface area contributed by atoms with E-state index in [0.717, 1.165) is 0 Å². The standard InChI is InChI=1S/C12H13BrFN3O/c1-6(2)10(15)12-16-11(17-18-12)7-3-8(13)5-9(14)4-7/h3-6,10H,15H2,1-2H3. The number of hydrogen-bond donors (Lipinski definition) is 1. The van der Waals surface area contributed by atoms with Crippen molar-refractivity contribution in [3.63, 3.8) is 0 Å². The van der Waals surface area contributed by atoms with Crippen LogP contribution in [0.15, 0.2) is 27.2 Å². The van der Waals surface area contributed by atoms with Gasteiger partial charge in [-0.2, -0.15) is 4.98 Å². The van der Waals surface area contributed by atoms with Gasteiger partial charge in [0.2, 0.25) is 11.7 Å². The second-order valence-electron chi connectivity index (χ2n) is 4.38. The molecule has 0 bridgehead atoms. The van der Waals surface area contributed by atoms with E-state index in [9.17, 15) is 4.39 Å². The molecule has 1 unspecified atom stereocenters. The number of rotatable bonds is 3. The Morgan fingerprint density at radius 1 is 1.33 bits per heavy atom. The van der Waals surface area contributed by atoms with Gasteiger partial charge in [-0.3, -0.25) is 0 Å². The molecule has 0 saturated carbocycles. The van der Waals surface area contributed by atoms with Gasteiger partial charge in [-0.25, -0.2) is 4.39 Å². The van der Waals surface area contributed by atoms with E-state index in [-0.39, 0.29) is 17.8 Å². The summed E-state index contributed by atoms with van der Waals surface area (Å²) in [7, 11) is 0. The van der Waals surface area contributed by atoms with Gasteiger partial charge in [0.25, 0.3) is 0 Å². The fourth-order valence-corrected chi connectivity index (χ4v) is 1.92. The van der Waals surface area contributed by atoms with Crippen LogP contribution in [0.3, 0.4) is 0 Å². The summed E-state index contributed by atoms with van der Waals surface area (Å²) < 4.78 is 19.0. The van der Waals surface area contributed by atoms with Gasteiger partial charge in [-0.1, -0.05) is 34.9 Å². The Morgan fingerprint density at radius 2 is 2.06 bits per heavy atom. The minimum absolute atomic E-state index is 0.192. The van der Waals surface area contributed by atoms with Crippen molar-refractivity contribution in [3.8, 4) is 11.4 Å². The smallest absolute Gasteiger partial charge is 0.244 e. The van der Waals surface area contributed by atoms with Gasteiger partial charge < -0.3 is 10.3 Å².